The molecule has 0 aliphatic rings. The van der Waals surface area contributed by atoms with Gasteiger partial charge >= 0.3 is 0 Å². The maximum atomic E-state index is 12.8. The summed E-state index contributed by atoms with van der Waals surface area (Å²) >= 11 is 7.43. The highest BCUT2D eigenvalue weighted by Gasteiger charge is 2.26. The van der Waals surface area contributed by atoms with Gasteiger partial charge in [0.25, 0.3) is 5.91 Å². The highest BCUT2D eigenvalue weighted by atomic mass is 35.5. The molecule has 2 amide bonds. The SMILES string of the molecule is COc1ccc2nc(NC(=O)C(NC(=O)c3ccccc3Cl)C(C)C)sc2c1. The van der Waals surface area contributed by atoms with E-state index in [0.29, 0.717) is 15.7 Å². The van der Waals surface area contributed by atoms with E-state index in [4.69, 9.17) is 16.3 Å². The first kappa shape index (κ1) is 20.1. The van der Waals surface area contributed by atoms with E-state index < -0.39 is 11.9 Å². The average molecular weight is 418 g/mol. The van der Waals surface area contributed by atoms with Crippen LogP contribution in [-0.2, 0) is 4.79 Å². The zero-order valence-corrected chi connectivity index (χ0v) is 17.2. The van der Waals surface area contributed by atoms with Gasteiger partial charge in [0.15, 0.2) is 5.13 Å². The second-order valence-corrected chi connectivity index (χ2v) is 7.95. The lowest BCUT2D eigenvalue weighted by atomic mass is 10.0. The number of anilines is 1. The van der Waals surface area contributed by atoms with Gasteiger partial charge in [0.1, 0.15) is 11.8 Å². The van der Waals surface area contributed by atoms with Crippen LogP contribution in [0.3, 0.4) is 0 Å². The zero-order chi connectivity index (χ0) is 20.3. The Balaban J connectivity index is 1.76. The van der Waals surface area contributed by atoms with Crippen LogP contribution in [-0.4, -0.2) is 29.9 Å². The van der Waals surface area contributed by atoms with E-state index in [2.05, 4.69) is 15.6 Å². The molecule has 0 bridgehead atoms. The number of carbonyl (C=O) groups is 2. The number of carbonyl (C=O) groups excluding carboxylic acids is 2. The van der Waals surface area contributed by atoms with Crippen molar-refractivity contribution in [2.75, 3.05) is 12.4 Å². The van der Waals surface area contributed by atoms with Crippen LogP contribution in [0.4, 0.5) is 5.13 Å². The van der Waals surface area contributed by atoms with Crippen LogP contribution in [0.1, 0.15) is 24.2 Å². The van der Waals surface area contributed by atoms with E-state index in [9.17, 15) is 9.59 Å². The number of thiazole rings is 1. The summed E-state index contributed by atoms with van der Waals surface area (Å²) in [5.41, 5.74) is 1.09. The number of rotatable bonds is 6. The summed E-state index contributed by atoms with van der Waals surface area (Å²) in [4.78, 5) is 29.8. The van der Waals surface area contributed by atoms with Crippen LogP contribution in [0.5, 0.6) is 5.75 Å². The third-order valence-corrected chi connectivity index (χ3v) is 5.44. The summed E-state index contributed by atoms with van der Waals surface area (Å²) < 4.78 is 6.11. The summed E-state index contributed by atoms with van der Waals surface area (Å²) in [5, 5.41) is 6.37. The van der Waals surface area contributed by atoms with E-state index in [1.54, 1.807) is 31.4 Å². The molecule has 0 fully saturated rings. The lowest BCUT2D eigenvalue weighted by Gasteiger charge is -2.21. The van der Waals surface area contributed by atoms with Crippen LogP contribution in [0, 0.1) is 5.92 Å². The van der Waals surface area contributed by atoms with E-state index in [1.165, 1.54) is 11.3 Å². The van der Waals surface area contributed by atoms with Crippen LogP contribution in [0.2, 0.25) is 5.02 Å². The van der Waals surface area contributed by atoms with Crippen LogP contribution in [0.15, 0.2) is 42.5 Å². The second kappa shape index (κ2) is 8.58. The maximum Gasteiger partial charge on any atom is 0.253 e. The summed E-state index contributed by atoms with van der Waals surface area (Å²) in [6.07, 6.45) is 0. The molecule has 1 heterocycles. The van der Waals surface area contributed by atoms with E-state index in [0.717, 1.165) is 16.0 Å². The molecule has 146 valence electrons. The maximum absolute atomic E-state index is 12.8. The highest BCUT2D eigenvalue weighted by Crippen LogP contribution is 2.29. The Kier molecular flexibility index (Phi) is 6.16. The van der Waals surface area contributed by atoms with Crippen molar-refractivity contribution in [2.45, 2.75) is 19.9 Å². The molecule has 8 heteroatoms. The van der Waals surface area contributed by atoms with Gasteiger partial charge in [0.05, 0.1) is 27.9 Å². The number of halogens is 1. The summed E-state index contributed by atoms with van der Waals surface area (Å²) in [7, 11) is 1.60. The minimum Gasteiger partial charge on any atom is -0.497 e. The molecule has 1 unspecified atom stereocenters. The molecule has 0 spiro atoms. The van der Waals surface area contributed by atoms with E-state index in [-0.39, 0.29) is 11.8 Å². The summed E-state index contributed by atoms with van der Waals surface area (Å²) in [6.45, 7) is 3.72. The van der Waals surface area contributed by atoms with E-state index in [1.807, 2.05) is 32.0 Å². The average Bonchev–Trinajstić information content (AvgIpc) is 3.06. The number of aromatic nitrogens is 1. The van der Waals surface area contributed by atoms with Gasteiger partial charge in [-0.2, -0.15) is 0 Å². The van der Waals surface area contributed by atoms with Gasteiger partial charge in [-0.1, -0.05) is 48.9 Å². The number of fused-ring (bicyclic) bond motifs is 1. The van der Waals surface area contributed by atoms with Crippen molar-refractivity contribution in [3.8, 4) is 5.75 Å². The fraction of sp³-hybridized carbons (Fsp3) is 0.250. The van der Waals surface area contributed by atoms with Crippen molar-refractivity contribution >= 4 is 50.1 Å². The van der Waals surface area contributed by atoms with Crippen LogP contribution < -0.4 is 15.4 Å². The Morgan fingerprint density at radius 2 is 1.93 bits per heavy atom. The van der Waals surface area contributed by atoms with Crippen molar-refractivity contribution in [1.82, 2.24) is 10.3 Å². The molecule has 1 aromatic heterocycles. The molecule has 1 atom stereocenters. The number of methoxy groups -OCH3 is 1. The molecule has 0 saturated carbocycles. The highest BCUT2D eigenvalue weighted by molar-refractivity contribution is 7.22. The lowest BCUT2D eigenvalue weighted by molar-refractivity contribution is -0.118. The van der Waals surface area contributed by atoms with Crippen molar-refractivity contribution in [3.63, 3.8) is 0 Å². The Bertz CT molecular complexity index is 1020. The fourth-order valence-corrected chi connectivity index (χ4v) is 3.79. The number of hydrogen-bond acceptors (Lipinski definition) is 5. The molecular formula is C20H20ClN3O3S. The molecule has 0 aliphatic heterocycles. The molecule has 2 aromatic carbocycles. The topological polar surface area (TPSA) is 80.3 Å². The molecular weight excluding hydrogens is 398 g/mol. The van der Waals surface area contributed by atoms with Gasteiger partial charge in [-0.05, 0) is 36.2 Å². The monoisotopic (exact) mass is 417 g/mol. The minimum absolute atomic E-state index is 0.124. The largest absolute Gasteiger partial charge is 0.497 e. The van der Waals surface area contributed by atoms with Gasteiger partial charge in [-0.15, -0.1) is 0 Å². The molecule has 3 aromatic rings. The molecule has 28 heavy (non-hydrogen) atoms. The van der Waals surface area contributed by atoms with Crippen LogP contribution >= 0.6 is 22.9 Å². The Morgan fingerprint density at radius 1 is 1.18 bits per heavy atom. The number of nitrogens with zero attached hydrogens (tertiary/aromatic N) is 1. The lowest BCUT2D eigenvalue weighted by Crippen LogP contribution is -2.47. The number of nitrogens with one attached hydrogen (secondary N) is 2. The summed E-state index contributed by atoms with van der Waals surface area (Å²) in [6, 6.07) is 11.5. The smallest absolute Gasteiger partial charge is 0.253 e. The number of amides is 2. The molecule has 6 nitrogen and oxygen atoms in total. The van der Waals surface area contributed by atoms with E-state index >= 15 is 0 Å². The molecule has 3 rings (SSSR count). The quantitative estimate of drug-likeness (QED) is 0.624. The summed E-state index contributed by atoms with van der Waals surface area (Å²) in [5.74, 6) is -0.128. The molecule has 0 aliphatic carbocycles. The van der Waals surface area contributed by atoms with Crippen molar-refractivity contribution in [2.24, 2.45) is 5.92 Å². The Hall–Kier alpha value is -2.64. The predicted molar refractivity (Wildman–Crippen MR) is 112 cm³/mol. The third kappa shape index (κ3) is 4.43. The number of ether oxygens (including phenoxy) is 1. The Morgan fingerprint density at radius 3 is 2.61 bits per heavy atom. The van der Waals surface area contributed by atoms with Gasteiger partial charge in [0.2, 0.25) is 5.91 Å². The second-order valence-electron chi connectivity index (χ2n) is 6.52. The fourth-order valence-electron chi connectivity index (χ4n) is 2.67. The Labute approximate surface area is 171 Å². The number of benzene rings is 2. The third-order valence-electron chi connectivity index (χ3n) is 4.18. The van der Waals surface area contributed by atoms with Crippen LogP contribution in [0.25, 0.3) is 10.2 Å². The van der Waals surface area contributed by atoms with Crippen molar-refractivity contribution < 1.29 is 14.3 Å². The van der Waals surface area contributed by atoms with Crippen molar-refractivity contribution in [1.29, 1.82) is 0 Å². The minimum atomic E-state index is -0.731. The standard InChI is InChI=1S/C20H20ClN3O3S/c1-11(2)17(23-18(25)13-6-4-5-7-14(13)21)19(26)24-20-22-15-9-8-12(27-3)10-16(15)28-20/h4-11,17H,1-3H3,(H,23,25)(H,22,24,26). The van der Waals surface area contributed by atoms with Crippen molar-refractivity contribution in [3.05, 3.63) is 53.1 Å². The molecule has 0 radical (unpaired) electrons. The normalized spacial score (nSPS) is 12.0. The van der Waals surface area contributed by atoms with Gasteiger partial charge in [0, 0.05) is 0 Å². The van der Waals surface area contributed by atoms with Gasteiger partial charge in [-0.25, -0.2) is 4.98 Å². The first-order chi connectivity index (χ1) is 13.4. The first-order valence-corrected chi connectivity index (χ1v) is 9.89. The number of hydrogen-bond donors (Lipinski definition) is 2. The predicted octanol–water partition coefficient (Wildman–Crippen LogP) is 4.35. The first-order valence-electron chi connectivity index (χ1n) is 8.70. The van der Waals surface area contributed by atoms with Gasteiger partial charge < -0.3 is 15.4 Å². The molecule has 2 N–H and O–H groups in total. The van der Waals surface area contributed by atoms with Gasteiger partial charge in [-0.3, -0.25) is 9.59 Å². The molecule has 0 saturated heterocycles. The zero-order valence-electron chi connectivity index (χ0n) is 15.7.